The Labute approximate surface area is 244 Å². The lowest BCUT2D eigenvalue weighted by molar-refractivity contribution is -0.143. The lowest BCUT2D eigenvalue weighted by Gasteiger charge is -2.26. The predicted octanol–water partition coefficient (Wildman–Crippen LogP) is 5.44. The molecule has 0 aromatic heterocycles. The summed E-state index contributed by atoms with van der Waals surface area (Å²) in [5, 5.41) is 15.0. The summed E-state index contributed by atoms with van der Waals surface area (Å²) in [6.45, 7) is 1.91. The molecule has 0 radical (unpaired) electrons. The third-order valence-electron chi connectivity index (χ3n) is 7.39. The van der Waals surface area contributed by atoms with Crippen molar-refractivity contribution in [3.63, 3.8) is 0 Å². The average Bonchev–Trinajstić information content (AvgIpc) is 3.34. The van der Waals surface area contributed by atoms with Gasteiger partial charge in [-0.3, -0.25) is 4.79 Å². The van der Waals surface area contributed by atoms with Gasteiger partial charge in [-0.2, -0.15) is 0 Å². The molecule has 3 N–H and O–H groups in total. The van der Waals surface area contributed by atoms with E-state index >= 15 is 0 Å². The number of fused-ring (bicyclic) bond motifs is 3. The molecule has 4 aromatic rings. The standard InChI is InChI=1S/C34H32N2O6/c1-22(41-20-23-12-4-2-5-13-23)30(32(37)35-31(33(38)39)24-14-6-3-7-15-24)36-34(40)42-21-29-27-18-10-8-16-25(27)26-17-9-11-19-28(26)29/h2-19,22,29-31H,20-21H2,1H3,(H,35,37)(H,36,40)(H,38,39)/t22-,30+,31-/m0/s1. The van der Waals surface area contributed by atoms with Crippen molar-refractivity contribution in [1.29, 1.82) is 0 Å². The maximum absolute atomic E-state index is 13.5. The third kappa shape index (κ3) is 6.50. The Hall–Kier alpha value is -4.95. The van der Waals surface area contributed by atoms with E-state index in [-0.39, 0.29) is 19.1 Å². The van der Waals surface area contributed by atoms with Gasteiger partial charge in [0.25, 0.3) is 0 Å². The fourth-order valence-corrected chi connectivity index (χ4v) is 5.23. The van der Waals surface area contributed by atoms with Gasteiger partial charge in [-0.25, -0.2) is 9.59 Å². The number of alkyl carbamates (subject to hydrolysis) is 1. The summed E-state index contributed by atoms with van der Waals surface area (Å²) in [5.41, 5.74) is 5.61. The van der Waals surface area contributed by atoms with Gasteiger partial charge in [0.1, 0.15) is 12.6 Å². The SMILES string of the molecule is C[C@H](OCc1ccccc1)[C@@H](NC(=O)OCC1c2ccccc2-c2ccccc21)C(=O)N[C@H](C(=O)O)c1ccccc1. The van der Waals surface area contributed by atoms with E-state index in [4.69, 9.17) is 9.47 Å². The van der Waals surface area contributed by atoms with Crippen LogP contribution in [-0.2, 0) is 25.7 Å². The quantitative estimate of drug-likeness (QED) is 0.224. The lowest BCUT2D eigenvalue weighted by Crippen LogP contribution is -2.54. The van der Waals surface area contributed by atoms with Crippen LogP contribution in [0.5, 0.6) is 0 Å². The number of carboxylic acid groups (broad SMARTS) is 1. The normalized spacial score (nSPS) is 14.1. The predicted molar refractivity (Wildman–Crippen MR) is 158 cm³/mol. The highest BCUT2D eigenvalue weighted by molar-refractivity contribution is 5.90. The van der Waals surface area contributed by atoms with Crippen LogP contribution in [0.2, 0.25) is 0 Å². The number of aliphatic carboxylic acids is 1. The summed E-state index contributed by atoms with van der Waals surface area (Å²) in [6, 6.07) is 31.2. The Morgan fingerprint density at radius 3 is 1.90 bits per heavy atom. The summed E-state index contributed by atoms with van der Waals surface area (Å²) >= 11 is 0. The molecular formula is C34H32N2O6. The molecule has 0 saturated carbocycles. The van der Waals surface area contributed by atoms with Crippen LogP contribution >= 0.6 is 0 Å². The summed E-state index contributed by atoms with van der Waals surface area (Å²) in [7, 11) is 0. The Balaban J connectivity index is 1.30. The number of nitrogens with one attached hydrogen (secondary N) is 2. The van der Waals surface area contributed by atoms with Crippen molar-refractivity contribution < 1.29 is 29.0 Å². The van der Waals surface area contributed by atoms with Crippen LogP contribution in [0.3, 0.4) is 0 Å². The molecule has 0 unspecified atom stereocenters. The molecule has 8 nitrogen and oxygen atoms in total. The fourth-order valence-electron chi connectivity index (χ4n) is 5.23. The number of carboxylic acids is 1. The molecule has 0 fully saturated rings. The van der Waals surface area contributed by atoms with Crippen LogP contribution in [0.1, 0.15) is 41.1 Å². The number of hydrogen-bond acceptors (Lipinski definition) is 5. The van der Waals surface area contributed by atoms with E-state index in [1.165, 1.54) is 0 Å². The molecule has 2 amide bonds. The van der Waals surface area contributed by atoms with Gasteiger partial charge in [0, 0.05) is 5.92 Å². The number of benzene rings is 4. The molecule has 0 bridgehead atoms. The van der Waals surface area contributed by atoms with Crippen molar-refractivity contribution in [2.75, 3.05) is 6.61 Å². The molecule has 1 aliphatic carbocycles. The van der Waals surface area contributed by atoms with Gasteiger partial charge in [0.15, 0.2) is 6.04 Å². The van der Waals surface area contributed by atoms with E-state index in [0.29, 0.717) is 5.56 Å². The van der Waals surface area contributed by atoms with E-state index < -0.39 is 36.2 Å². The molecule has 3 atom stereocenters. The second-order valence-electron chi connectivity index (χ2n) is 10.1. The van der Waals surface area contributed by atoms with Crippen LogP contribution in [0.4, 0.5) is 4.79 Å². The first-order chi connectivity index (χ1) is 20.4. The Kier molecular flexibility index (Phi) is 8.94. The molecule has 0 heterocycles. The molecule has 5 rings (SSSR count). The van der Waals surface area contributed by atoms with E-state index in [2.05, 4.69) is 10.6 Å². The Morgan fingerprint density at radius 1 is 0.762 bits per heavy atom. The van der Waals surface area contributed by atoms with Gasteiger partial charge in [0.2, 0.25) is 5.91 Å². The smallest absolute Gasteiger partial charge is 0.407 e. The summed E-state index contributed by atoms with van der Waals surface area (Å²) in [5.74, 6) is -2.09. The van der Waals surface area contributed by atoms with Crippen LogP contribution in [0, 0.1) is 0 Å². The highest BCUT2D eigenvalue weighted by Crippen LogP contribution is 2.44. The highest BCUT2D eigenvalue weighted by Gasteiger charge is 2.33. The van der Waals surface area contributed by atoms with Gasteiger partial charge in [0.05, 0.1) is 12.7 Å². The zero-order valence-electron chi connectivity index (χ0n) is 23.1. The molecule has 4 aromatic carbocycles. The summed E-state index contributed by atoms with van der Waals surface area (Å²) in [4.78, 5) is 38.7. The molecule has 214 valence electrons. The maximum atomic E-state index is 13.5. The first kappa shape index (κ1) is 28.6. The number of carbonyl (C=O) groups is 3. The maximum Gasteiger partial charge on any atom is 0.407 e. The van der Waals surface area contributed by atoms with Crippen molar-refractivity contribution in [2.24, 2.45) is 0 Å². The minimum absolute atomic E-state index is 0.0647. The molecule has 0 spiro atoms. The Morgan fingerprint density at radius 2 is 1.31 bits per heavy atom. The number of rotatable bonds is 11. The van der Waals surface area contributed by atoms with Gasteiger partial charge < -0.3 is 25.2 Å². The minimum atomic E-state index is -1.31. The van der Waals surface area contributed by atoms with Crippen molar-refractivity contribution in [1.82, 2.24) is 10.6 Å². The fraction of sp³-hybridized carbons (Fsp3) is 0.206. The number of carbonyl (C=O) groups excluding carboxylic acids is 2. The second kappa shape index (κ2) is 13.1. The monoisotopic (exact) mass is 564 g/mol. The zero-order chi connectivity index (χ0) is 29.5. The van der Waals surface area contributed by atoms with E-state index in [9.17, 15) is 19.5 Å². The molecule has 1 aliphatic rings. The lowest BCUT2D eigenvalue weighted by atomic mass is 9.98. The van der Waals surface area contributed by atoms with Crippen LogP contribution in [-0.4, -0.2) is 41.8 Å². The van der Waals surface area contributed by atoms with E-state index in [0.717, 1.165) is 27.8 Å². The molecule has 42 heavy (non-hydrogen) atoms. The van der Waals surface area contributed by atoms with Gasteiger partial charge >= 0.3 is 12.1 Å². The zero-order valence-corrected chi connectivity index (χ0v) is 23.1. The number of ether oxygens (including phenoxy) is 2. The highest BCUT2D eigenvalue weighted by atomic mass is 16.5. The summed E-state index contributed by atoms with van der Waals surface area (Å²) < 4.78 is 11.6. The van der Waals surface area contributed by atoms with Crippen molar-refractivity contribution in [3.05, 3.63) is 131 Å². The first-order valence-electron chi connectivity index (χ1n) is 13.8. The van der Waals surface area contributed by atoms with Crippen LogP contribution < -0.4 is 10.6 Å². The van der Waals surface area contributed by atoms with Crippen LogP contribution in [0.15, 0.2) is 109 Å². The van der Waals surface area contributed by atoms with Crippen molar-refractivity contribution in [2.45, 2.75) is 37.6 Å². The molecule has 0 aliphatic heterocycles. The minimum Gasteiger partial charge on any atom is -0.479 e. The third-order valence-corrected chi connectivity index (χ3v) is 7.39. The van der Waals surface area contributed by atoms with Gasteiger partial charge in [-0.1, -0.05) is 109 Å². The van der Waals surface area contributed by atoms with Gasteiger partial charge in [-0.05, 0) is 40.3 Å². The van der Waals surface area contributed by atoms with Crippen molar-refractivity contribution in [3.8, 4) is 11.1 Å². The molecule has 0 saturated heterocycles. The largest absolute Gasteiger partial charge is 0.479 e. The topological polar surface area (TPSA) is 114 Å². The van der Waals surface area contributed by atoms with E-state index in [1.54, 1.807) is 37.3 Å². The van der Waals surface area contributed by atoms with E-state index in [1.807, 2.05) is 78.9 Å². The molecule has 8 heteroatoms. The second-order valence-corrected chi connectivity index (χ2v) is 10.1. The Bertz CT molecular complexity index is 1500. The number of hydrogen-bond donors (Lipinski definition) is 3. The van der Waals surface area contributed by atoms with Crippen molar-refractivity contribution >= 4 is 18.0 Å². The number of amides is 2. The van der Waals surface area contributed by atoms with Crippen LogP contribution in [0.25, 0.3) is 11.1 Å². The summed E-state index contributed by atoms with van der Waals surface area (Å²) in [6.07, 6.45) is -1.62. The average molecular weight is 565 g/mol. The molecular weight excluding hydrogens is 532 g/mol. The van der Waals surface area contributed by atoms with Gasteiger partial charge in [-0.15, -0.1) is 0 Å². The first-order valence-corrected chi connectivity index (χ1v) is 13.8.